The fourth-order valence-electron chi connectivity index (χ4n) is 2.01. The van der Waals surface area contributed by atoms with E-state index in [9.17, 15) is 4.79 Å². The number of aromatic nitrogens is 3. The normalized spacial score (nSPS) is 16.8. The van der Waals surface area contributed by atoms with Gasteiger partial charge in [-0.15, -0.1) is 0 Å². The lowest BCUT2D eigenvalue weighted by Gasteiger charge is -2.07. The number of fused-ring (bicyclic) bond motifs is 1. The lowest BCUT2D eigenvalue weighted by Crippen LogP contribution is -2.14. The molecule has 3 N–H and O–H groups in total. The first kappa shape index (κ1) is 10.6. The molecule has 0 aromatic carbocycles. The summed E-state index contributed by atoms with van der Waals surface area (Å²) in [6.45, 7) is 0. The van der Waals surface area contributed by atoms with Crippen molar-refractivity contribution in [2.45, 2.75) is 12.3 Å². The molecule has 3 rings (SSSR count). The largest absolute Gasteiger partial charge is 0.369 e. The summed E-state index contributed by atoms with van der Waals surface area (Å²) < 4.78 is 0. The quantitative estimate of drug-likeness (QED) is 0.812. The molecule has 1 unspecified atom stereocenters. The van der Waals surface area contributed by atoms with Gasteiger partial charge in [0.15, 0.2) is 0 Å². The molecule has 3 heterocycles. The van der Waals surface area contributed by atoms with Crippen LogP contribution in [0.1, 0.15) is 17.3 Å². The number of anilines is 1. The number of H-pyrrole nitrogens is 1. The van der Waals surface area contributed by atoms with Gasteiger partial charge in [-0.25, -0.2) is 4.98 Å². The highest BCUT2D eigenvalue weighted by Gasteiger charge is 2.24. The van der Waals surface area contributed by atoms with Gasteiger partial charge in [0, 0.05) is 30.4 Å². The molecule has 1 aliphatic heterocycles. The highest BCUT2D eigenvalue weighted by atomic mass is 16.1. The highest BCUT2D eigenvalue weighted by molar-refractivity contribution is 5.79. The van der Waals surface area contributed by atoms with Crippen molar-refractivity contribution in [3.63, 3.8) is 0 Å². The zero-order chi connectivity index (χ0) is 12.5. The first-order valence-corrected chi connectivity index (χ1v) is 5.58. The molecule has 18 heavy (non-hydrogen) atoms. The summed E-state index contributed by atoms with van der Waals surface area (Å²) in [5.41, 5.74) is 7.17. The number of pyridine rings is 1. The number of hydrogen-bond donors (Lipinski definition) is 2. The van der Waals surface area contributed by atoms with Crippen LogP contribution in [-0.4, -0.2) is 21.2 Å². The third-order valence-corrected chi connectivity index (χ3v) is 2.83. The monoisotopic (exact) mass is 241 g/mol. The van der Waals surface area contributed by atoms with E-state index < -0.39 is 0 Å². The topological polar surface area (TPSA) is 97.0 Å². The van der Waals surface area contributed by atoms with Crippen molar-refractivity contribution in [2.24, 2.45) is 4.99 Å². The van der Waals surface area contributed by atoms with Gasteiger partial charge < -0.3 is 5.73 Å². The van der Waals surface area contributed by atoms with Crippen LogP contribution in [0.3, 0.4) is 0 Å². The van der Waals surface area contributed by atoms with E-state index in [1.807, 2.05) is 18.2 Å². The lowest BCUT2D eigenvalue weighted by molar-refractivity contribution is 0.838. The van der Waals surface area contributed by atoms with Crippen LogP contribution in [0.5, 0.6) is 0 Å². The average molecular weight is 241 g/mol. The Kier molecular flexibility index (Phi) is 2.40. The number of nitrogens with one attached hydrogen (secondary N) is 1. The maximum Gasteiger partial charge on any atom is 0.278 e. The third-order valence-electron chi connectivity index (χ3n) is 2.83. The number of nitrogens with two attached hydrogens (primary N) is 1. The van der Waals surface area contributed by atoms with Crippen LogP contribution in [0.4, 0.5) is 11.6 Å². The molecule has 0 spiro atoms. The molecule has 0 radical (unpaired) electrons. The Hall–Kier alpha value is -2.50. The first-order valence-electron chi connectivity index (χ1n) is 5.58. The predicted molar refractivity (Wildman–Crippen MR) is 68.1 cm³/mol. The lowest BCUT2D eigenvalue weighted by atomic mass is 10.0. The Labute approximate surface area is 103 Å². The Balaban J connectivity index is 1.96. The van der Waals surface area contributed by atoms with Gasteiger partial charge in [-0.2, -0.15) is 0 Å². The van der Waals surface area contributed by atoms with Gasteiger partial charge in [-0.3, -0.25) is 19.8 Å². The molecular formula is C12H11N5O. The summed E-state index contributed by atoms with van der Waals surface area (Å²) in [7, 11) is 0. The Bertz CT molecular complexity index is 662. The summed E-state index contributed by atoms with van der Waals surface area (Å²) in [5.74, 6) is 0.0785. The van der Waals surface area contributed by atoms with Crippen molar-refractivity contribution in [3.8, 4) is 0 Å². The second-order valence-electron chi connectivity index (χ2n) is 4.09. The zero-order valence-electron chi connectivity index (χ0n) is 9.50. The van der Waals surface area contributed by atoms with Crippen LogP contribution in [0.25, 0.3) is 0 Å². The van der Waals surface area contributed by atoms with Crippen molar-refractivity contribution in [1.29, 1.82) is 0 Å². The molecule has 0 bridgehead atoms. The molecule has 0 aliphatic carbocycles. The van der Waals surface area contributed by atoms with Crippen LogP contribution < -0.4 is 11.3 Å². The zero-order valence-corrected chi connectivity index (χ0v) is 9.50. The fraction of sp³-hybridized carbons (Fsp3) is 0.167. The summed E-state index contributed by atoms with van der Waals surface area (Å²) in [6, 6.07) is 5.72. The van der Waals surface area contributed by atoms with Crippen molar-refractivity contribution < 1.29 is 0 Å². The average Bonchev–Trinajstić information content (AvgIpc) is 2.74. The van der Waals surface area contributed by atoms with Gasteiger partial charge in [0.25, 0.3) is 5.56 Å². The van der Waals surface area contributed by atoms with Crippen molar-refractivity contribution >= 4 is 17.9 Å². The van der Waals surface area contributed by atoms with E-state index in [4.69, 9.17) is 5.73 Å². The molecule has 0 saturated heterocycles. The smallest absolute Gasteiger partial charge is 0.278 e. The number of aromatic amines is 1. The van der Waals surface area contributed by atoms with E-state index in [1.165, 1.54) is 0 Å². The molecule has 6 heteroatoms. The van der Waals surface area contributed by atoms with Gasteiger partial charge >= 0.3 is 0 Å². The first-order chi connectivity index (χ1) is 8.74. The summed E-state index contributed by atoms with van der Waals surface area (Å²) in [6.07, 6.45) is 4.12. The number of rotatable bonds is 2. The molecule has 0 amide bonds. The number of nitrogen functional groups attached to an aromatic ring is 1. The van der Waals surface area contributed by atoms with Gasteiger partial charge in [0.05, 0.1) is 5.69 Å². The summed E-state index contributed by atoms with van der Waals surface area (Å²) in [4.78, 5) is 26.6. The van der Waals surface area contributed by atoms with Crippen LogP contribution in [-0.2, 0) is 6.42 Å². The van der Waals surface area contributed by atoms with Gasteiger partial charge in [0.1, 0.15) is 5.69 Å². The van der Waals surface area contributed by atoms with Crippen LogP contribution in [0.15, 0.2) is 34.2 Å². The number of nitrogens with zero attached hydrogens (tertiary/aromatic N) is 3. The van der Waals surface area contributed by atoms with E-state index in [2.05, 4.69) is 19.9 Å². The minimum atomic E-state index is -0.294. The minimum Gasteiger partial charge on any atom is -0.369 e. The van der Waals surface area contributed by atoms with E-state index in [0.717, 1.165) is 5.69 Å². The van der Waals surface area contributed by atoms with E-state index in [-0.39, 0.29) is 17.4 Å². The molecule has 2 aromatic heterocycles. The number of aliphatic imine (C=N–C) groups is 1. The van der Waals surface area contributed by atoms with Crippen molar-refractivity contribution in [3.05, 3.63) is 46.1 Å². The summed E-state index contributed by atoms with van der Waals surface area (Å²) in [5, 5.41) is 0. The highest BCUT2D eigenvalue weighted by Crippen LogP contribution is 2.29. The number of hydrogen-bond acceptors (Lipinski definition) is 5. The van der Waals surface area contributed by atoms with E-state index in [1.54, 1.807) is 12.4 Å². The van der Waals surface area contributed by atoms with Crippen molar-refractivity contribution in [1.82, 2.24) is 15.0 Å². The fourth-order valence-corrected chi connectivity index (χ4v) is 2.01. The molecule has 0 saturated carbocycles. The molecule has 90 valence electrons. The summed E-state index contributed by atoms with van der Waals surface area (Å²) >= 11 is 0. The van der Waals surface area contributed by atoms with Crippen LogP contribution in [0.2, 0.25) is 0 Å². The second-order valence-corrected chi connectivity index (χ2v) is 4.09. The van der Waals surface area contributed by atoms with Crippen LogP contribution >= 0.6 is 0 Å². The molecule has 1 aliphatic rings. The van der Waals surface area contributed by atoms with Gasteiger partial charge in [-0.05, 0) is 12.1 Å². The Morgan fingerprint density at radius 2 is 2.28 bits per heavy atom. The molecular weight excluding hydrogens is 230 g/mol. The molecule has 1 atom stereocenters. The predicted octanol–water partition coefficient (Wildman–Crippen LogP) is 0.789. The SMILES string of the molecule is Nc1nc2c(c(=O)[nH]1)N=CC2Cc1ccccn1. The second kappa shape index (κ2) is 4.06. The van der Waals surface area contributed by atoms with E-state index >= 15 is 0 Å². The maximum absolute atomic E-state index is 11.6. The standard InChI is InChI=1S/C12H11N5O/c13-12-16-9-7(5-8-3-1-2-4-14-8)6-15-10(9)11(18)17-12/h1-4,6-7H,5H2,(H3,13,16,17,18). The minimum absolute atomic E-state index is 0.0421. The molecule has 2 aromatic rings. The van der Waals surface area contributed by atoms with Gasteiger partial charge in [-0.1, -0.05) is 6.07 Å². The molecule has 6 nitrogen and oxygen atoms in total. The van der Waals surface area contributed by atoms with Crippen molar-refractivity contribution in [2.75, 3.05) is 5.73 Å². The molecule has 0 fully saturated rings. The van der Waals surface area contributed by atoms with Gasteiger partial charge in [0.2, 0.25) is 5.95 Å². The Morgan fingerprint density at radius 3 is 3.06 bits per heavy atom. The Morgan fingerprint density at radius 1 is 1.39 bits per heavy atom. The van der Waals surface area contributed by atoms with E-state index in [0.29, 0.717) is 17.8 Å². The third kappa shape index (κ3) is 1.77. The maximum atomic E-state index is 11.6. The van der Waals surface area contributed by atoms with Crippen LogP contribution in [0, 0.1) is 0 Å².